The second-order valence-electron chi connectivity index (χ2n) is 2.21. The molecule has 2 rings (SSSR count). The molecule has 0 saturated carbocycles. The van der Waals surface area contributed by atoms with Crippen LogP contribution in [0.5, 0.6) is 0 Å². The second-order valence-corrected chi connectivity index (χ2v) is 2.21. The van der Waals surface area contributed by atoms with Crippen LogP contribution in [0.2, 0.25) is 0 Å². The molecule has 2 aliphatic rings. The van der Waals surface area contributed by atoms with Gasteiger partial charge in [-0.05, 0) is 0 Å². The number of carbonyl (C=O) groups is 1. The van der Waals surface area contributed by atoms with Crippen LogP contribution in [-0.4, -0.2) is 23.2 Å². The Morgan fingerprint density at radius 1 is 1.73 bits per heavy atom. The topological polar surface area (TPSA) is 82.8 Å². The number of aliphatic imine (C=N–C) groups is 1. The van der Waals surface area contributed by atoms with E-state index in [0.29, 0.717) is 0 Å². The smallest absolute Gasteiger partial charge is 0.331 e. The van der Waals surface area contributed by atoms with Gasteiger partial charge in [0.1, 0.15) is 0 Å². The lowest BCUT2D eigenvalue weighted by Gasteiger charge is -2.25. The number of hydrogen-bond donors (Lipinski definition) is 3. The van der Waals surface area contributed by atoms with Gasteiger partial charge in [-0.15, -0.1) is 0 Å². The van der Waals surface area contributed by atoms with E-state index in [9.17, 15) is 4.79 Å². The van der Waals surface area contributed by atoms with Gasteiger partial charge in [0.2, 0.25) is 12.2 Å². The van der Waals surface area contributed by atoms with E-state index < -0.39 is 0 Å². The molecule has 0 fully saturated rings. The predicted octanol–water partition coefficient (Wildman–Crippen LogP) is -1.32. The first kappa shape index (κ1) is 6.02. The summed E-state index contributed by atoms with van der Waals surface area (Å²) in [4.78, 5) is 16.4. The number of carbonyl (C=O) groups excluding carboxylic acids is 1. The van der Waals surface area contributed by atoms with E-state index in [2.05, 4.69) is 15.6 Å². The van der Waals surface area contributed by atoms with Gasteiger partial charge in [-0.1, -0.05) is 0 Å². The summed E-state index contributed by atoms with van der Waals surface area (Å²) >= 11 is 0. The Labute approximate surface area is 62.8 Å². The van der Waals surface area contributed by atoms with Crippen molar-refractivity contribution in [3.63, 3.8) is 0 Å². The van der Waals surface area contributed by atoms with Gasteiger partial charge in [0.15, 0.2) is 0 Å². The van der Waals surface area contributed by atoms with Crippen LogP contribution < -0.4 is 16.4 Å². The molecule has 11 heavy (non-hydrogen) atoms. The van der Waals surface area contributed by atoms with Gasteiger partial charge in [-0.3, -0.25) is 10.2 Å². The second kappa shape index (κ2) is 1.88. The summed E-state index contributed by atoms with van der Waals surface area (Å²) in [5.41, 5.74) is 5.30. The molecule has 0 spiro atoms. The lowest BCUT2D eigenvalue weighted by atomic mass is 10.6. The Kier molecular flexibility index (Phi) is 1.03. The molecule has 0 aromatic heterocycles. The highest BCUT2D eigenvalue weighted by molar-refractivity contribution is 5.97. The van der Waals surface area contributed by atoms with E-state index in [1.165, 1.54) is 4.90 Å². The first-order valence-electron chi connectivity index (χ1n) is 3.13. The maximum atomic E-state index is 11.0. The third-order valence-corrected chi connectivity index (χ3v) is 1.47. The predicted molar refractivity (Wildman–Crippen MR) is 38.1 cm³/mol. The highest BCUT2D eigenvalue weighted by atomic mass is 16.2. The SMILES string of the molecule is NC1=NC2NC=CN2C(=O)N1. The van der Waals surface area contributed by atoms with Crippen molar-refractivity contribution in [2.45, 2.75) is 6.29 Å². The highest BCUT2D eigenvalue weighted by Gasteiger charge is 2.28. The highest BCUT2D eigenvalue weighted by Crippen LogP contribution is 2.08. The van der Waals surface area contributed by atoms with Gasteiger partial charge in [-0.2, -0.15) is 0 Å². The van der Waals surface area contributed by atoms with Gasteiger partial charge in [0, 0.05) is 12.4 Å². The minimum absolute atomic E-state index is 0.146. The minimum Gasteiger partial charge on any atom is -0.369 e. The van der Waals surface area contributed by atoms with E-state index in [1.54, 1.807) is 12.4 Å². The largest absolute Gasteiger partial charge is 0.369 e. The number of guanidine groups is 1. The molecule has 2 amide bonds. The Hall–Kier alpha value is -1.72. The molecule has 1 atom stereocenters. The van der Waals surface area contributed by atoms with Crippen LogP contribution in [0.15, 0.2) is 17.4 Å². The molecule has 6 nitrogen and oxygen atoms in total. The zero-order chi connectivity index (χ0) is 7.84. The summed E-state index contributed by atoms with van der Waals surface area (Å²) in [6.07, 6.45) is 2.89. The van der Waals surface area contributed by atoms with Crippen molar-refractivity contribution in [2.75, 3.05) is 0 Å². The average Bonchev–Trinajstić information content (AvgIpc) is 2.34. The van der Waals surface area contributed by atoms with E-state index in [1.807, 2.05) is 0 Å². The Balaban J connectivity index is 2.30. The summed E-state index contributed by atoms with van der Waals surface area (Å²) in [6.45, 7) is 0. The quantitative estimate of drug-likeness (QED) is 0.404. The standard InChI is InChI=1S/C5H7N5O/c6-3-8-4-7-1-2-10(4)5(11)9-3/h1-2,4,7H,(H3,6,8,9,11). The van der Waals surface area contributed by atoms with Gasteiger partial charge >= 0.3 is 6.03 Å². The number of rotatable bonds is 0. The van der Waals surface area contributed by atoms with Crippen LogP contribution in [-0.2, 0) is 0 Å². The number of nitrogens with two attached hydrogens (primary N) is 1. The van der Waals surface area contributed by atoms with Crippen molar-refractivity contribution >= 4 is 12.0 Å². The number of urea groups is 1. The molecule has 0 bridgehead atoms. The molecule has 1 unspecified atom stereocenters. The minimum atomic E-state index is -0.358. The fraction of sp³-hybridized carbons (Fsp3) is 0.200. The lowest BCUT2D eigenvalue weighted by Crippen LogP contribution is -2.53. The molecule has 0 aromatic carbocycles. The Morgan fingerprint density at radius 2 is 2.55 bits per heavy atom. The zero-order valence-corrected chi connectivity index (χ0v) is 5.61. The van der Waals surface area contributed by atoms with E-state index in [0.717, 1.165) is 0 Å². The number of amides is 2. The third kappa shape index (κ3) is 0.794. The number of nitrogens with zero attached hydrogens (tertiary/aromatic N) is 2. The summed E-state index contributed by atoms with van der Waals surface area (Å²) in [5.74, 6) is 0.146. The van der Waals surface area contributed by atoms with Crippen molar-refractivity contribution in [1.82, 2.24) is 15.5 Å². The van der Waals surface area contributed by atoms with Gasteiger partial charge in [0.25, 0.3) is 0 Å². The zero-order valence-electron chi connectivity index (χ0n) is 5.61. The van der Waals surface area contributed by atoms with E-state index in [4.69, 9.17) is 5.73 Å². The van der Waals surface area contributed by atoms with Crippen LogP contribution in [0.3, 0.4) is 0 Å². The normalized spacial score (nSPS) is 27.3. The van der Waals surface area contributed by atoms with Crippen LogP contribution in [0, 0.1) is 0 Å². The van der Waals surface area contributed by atoms with Crippen LogP contribution in [0.1, 0.15) is 0 Å². The van der Waals surface area contributed by atoms with Crippen molar-refractivity contribution in [2.24, 2.45) is 10.7 Å². The van der Waals surface area contributed by atoms with Gasteiger partial charge < -0.3 is 11.1 Å². The van der Waals surface area contributed by atoms with Crippen LogP contribution in [0.25, 0.3) is 0 Å². The van der Waals surface area contributed by atoms with E-state index >= 15 is 0 Å². The Bertz CT molecular complexity index is 258. The third-order valence-electron chi connectivity index (χ3n) is 1.47. The number of nitrogens with one attached hydrogen (secondary N) is 2. The molecule has 0 radical (unpaired) electrons. The molecular formula is C5H7N5O. The van der Waals surface area contributed by atoms with Gasteiger partial charge in [-0.25, -0.2) is 9.79 Å². The summed E-state index contributed by atoms with van der Waals surface area (Å²) in [7, 11) is 0. The molecule has 2 aliphatic heterocycles. The summed E-state index contributed by atoms with van der Waals surface area (Å²) in [6, 6.07) is -0.260. The summed E-state index contributed by atoms with van der Waals surface area (Å²) in [5, 5.41) is 5.21. The first-order valence-corrected chi connectivity index (χ1v) is 3.13. The molecule has 6 heteroatoms. The molecule has 2 heterocycles. The molecule has 4 N–H and O–H groups in total. The van der Waals surface area contributed by atoms with Crippen molar-refractivity contribution < 1.29 is 4.79 Å². The molecule has 0 aliphatic carbocycles. The number of fused-ring (bicyclic) bond motifs is 1. The molecular weight excluding hydrogens is 146 g/mol. The average molecular weight is 153 g/mol. The molecule has 0 aromatic rings. The monoisotopic (exact) mass is 153 g/mol. The fourth-order valence-corrected chi connectivity index (χ4v) is 0.988. The molecule has 58 valence electrons. The van der Waals surface area contributed by atoms with E-state index in [-0.39, 0.29) is 18.3 Å². The maximum Gasteiger partial charge on any atom is 0.331 e. The summed E-state index contributed by atoms with van der Waals surface area (Å²) < 4.78 is 0. The fourth-order valence-electron chi connectivity index (χ4n) is 0.988. The first-order chi connectivity index (χ1) is 5.27. The lowest BCUT2D eigenvalue weighted by molar-refractivity contribution is 0.203. The van der Waals surface area contributed by atoms with Crippen molar-refractivity contribution in [1.29, 1.82) is 0 Å². The van der Waals surface area contributed by atoms with Crippen LogP contribution in [0.4, 0.5) is 4.79 Å². The Morgan fingerprint density at radius 3 is 3.36 bits per heavy atom. The number of hydrogen-bond acceptors (Lipinski definition) is 4. The molecule has 0 saturated heterocycles. The maximum absolute atomic E-state index is 11.0. The van der Waals surface area contributed by atoms with Gasteiger partial charge in [0.05, 0.1) is 0 Å². The van der Waals surface area contributed by atoms with Crippen LogP contribution >= 0.6 is 0 Å². The van der Waals surface area contributed by atoms with Crippen molar-refractivity contribution in [3.8, 4) is 0 Å². The van der Waals surface area contributed by atoms with Crippen molar-refractivity contribution in [3.05, 3.63) is 12.4 Å².